The van der Waals surface area contributed by atoms with E-state index in [-0.39, 0.29) is 20.6 Å². The van der Waals surface area contributed by atoms with Crippen molar-refractivity contribution in [3.05, 3.63) is 47.5 Å². The molecule has 0 spiro atoms. The Labute approximate surface area is 122 Å². The van der Waals surface area contributed by atoms with Crippen molar-refractivity contribution in [3.8, 4) is 11.5 Å². The third kappa shape index (κ3) is 2.59. The largest absolute Gasteiger partial charge is 0.495 e. The molecule has 4 nitrogen and oxygen atoms in total. The van der Waals surface area contributed by atoms with Gasteiger partial charge in [-0.1, -0.05) is 29.8 Å². The summed E-state index contributed by atoms with van der Waals surface area (Å²) in [5, 5.41) is 0.211. The predicted molar refractivity (Wildman–Crippen MR) is 76.4 cm³/mol. The lowest BCUT2D eigenvalue weighted by Gasteiger charge is -2.12. The molecule has 0 aliphatic carbocycles. The third-order valence-corrected chi connectivity index (χ3v) is 4.87. The van der Waals surface area contributed by atoms with Gasteiger partial charge in [-0.05, 0) is 18.2 Å². The van der Waals surface area contributed by atoms with E-state index in [1.54, 1.807) is 18.2 Å². The lowest BCUT2D eigenvalue weighted by Crippen LogP contribution is -2.05. The highest BCUT2D eigenvalue weighted by atomic mass is 35.5. The first-order chi connectivity index (χ1) is 9.50. The first-order valence-corrected chi connectivity index (χ1v) is 7.58. The van der Waals surface area contributed by atoms with Crippen LogP contribution in [0.15, 0.2) is 52.3 Å². The Morgan fingerprint density at radius 3 is 2.10 bits per heavy atom. The fourth-order valence-corrected chi connectivity index (χ4v) is 3.52. The zero-order valence-electron chi connectivity index (χ0n) is 11.0. The molecule has 0 saturated carbocycles. The van der Waals surface area contributed by atoms with Gasteiger partial charge in [0.2, 0.25) is 9.84 Å². The van der Waals surface area contributed by atoms with E-state index in [4.69, 9.17) is 21.1 Å². The molecule has 0 aliphatic rings. The van der Waals surface area contributed by atoms with Crippen LogP contribution in [0.1, 0.15) is 0 Å². The van der Waals surface area contributed by atoms with Gasteiger partial charge in [-0.25, -0.2) is 8.42 Å². The van der Waals surface area contributed by atoms with E-state index in [0.29, 0.717) is 5.75 Å². The summed E-state index contributed by atoms with van der Waals surface area (Å²) in [6, 6.07) is 10.9. The smallest absolute Gasteiger partial charge is 0.210 e. The Morgan fingerprint density at radius 2 is 1.55 bits per heavy atom. The fourth-order valence-electron chi connectivity index (χ4n) is 1.77. The number of halogens is 1. The van der Waals surface area contributed by atoms with Crippen LogP contribution in [0, 0.1) is 0 Å². The van der Waals surface area contributed by atoms with E-state index < -0.39 is 9.84 Å². The number of ether oxygens (including phenoxy) is 2. The van der Waals surface area contributed by atoms with Crippen LogP contribution in [0.3, 0.4) is 0 Å². The highest BCUT2D eigenvalue weighted by Gasteiger charge is 2.24. The van der Waals surface area contributed by atoms with E-state index in [2.05, 4.69) is 0 Å². The lowest BCUT2D eigenvalue weighted by atomic mass is 10.3. The Balaban J connectivity index is 2.66. The van der Waals surface area contributed by atoms with E-state index >= 15 is 0 Å². The molecule has 0 fully saturated rings. The van der Waals surface area contributed by atoms with Gasteiger partial charge in [-0.15, -0.1) is 0 Å². The Bertz CT molecular complexity index is 711. The maximum atomic E-state index is 12.6. The zero-order chi connectivity index (χ0) is 14.8. The zero-order valence-corrected chi connectivity index (χ0v) is 12.5. The summed E-state index contributed by atoms with van der Waals surface area (Å²) in [6.45, 7) is 0. The van der Waals surface area contributed by atoms with Crippen molar-refractivity contribution in [2.24, 2.45) is 0 Å². The van der Waals surface area contributed by atoms with Crippen molar-refractivity contribution in [1.82, 2.24) is 0 Å². The summed E-state index contributed by atoms with van der Waals surface area (Å²) >= 11 is 6.01. The number of hydrogen-bond acceptors (Lipinski definition) is 4. The number of methoxy groups -OCH3 is 2. The number of benzene rings is 2. The minimum absolute atomic E-state index is 0.0111. The lowest BCUT2D eigenvalue weighted by molar-refractivity contribution is 0.386. The first kappa shape index (κ1) is 14.7. The average Bonchev–Trinajstić information content (AvgIpc) is 2.47. The van der Waals surface area contributed by atoms with Crippen molar-refractivity contribution in [1.29, 1.82) is 0 Å². The molecule has 2 aromatic rings. The van der Waals surface area contributed by atoms with Gasteiger partial charge in [0.15, 0.2) is 0 Å². The van der Waals surface area contributed by atoms with Crippen molar-refractivity contribution in [2.75, 3.05) is 14.2 Å². The molecule has 0 amide bonds. The molecule has 0 heterocycles. The van der Waals surface area contributed by atoms with Gasteiger partial charge in [0.1, 0.15) is 16.4 Å². The standard InChI is InChI=1S/C14H13ClO4S/c1-18-12-9-13(19-2)14(8-11(12)15)20(16,17)10-6-4-3-5-7-10/h3-9H,1-2H3. The summed E-state index contributed by atoms with van der Waals surface area (Å²) in [7, 11) is -0.848. The SMILES string of the molecule is COc1cc(OC)c(S(=O)(=O)c2ccccc2)cc1Cl. The minimum Gasteiger partial charge on any atom is -0.495 e. The van der Waals surface area contributed by atoms with Crippen molar-refractivity contribution >= 4 is 21.4 Å². The number of sulfone groups is 1. The quantitative estimate of drug-likeness (QED) is 0.870. The molecule has 0 unspecified atom stereocenters. The van der Waals surface area contributed by atoms with Crippen LogP contribution in [0.2, 0.25) is 5.02 Å². The number of hydrogen-bond donors (Lipinski definition) is 0. The van der Waals surface area contributed by atoms with Gasteiger partial charge in [0.05, 0.1) is 24.1 Å². The van der Waals surface area contributed by atoms with Crippen molar-refractivity contribution < 1.29 is 17.9 Å². The minimum atomic E-state index is -3.69. The normalized spacial score (nSPS) is 11.2. The first-order valence-electron chi connectivity index (χ1n) is 5.72. The van der Waals surface area contributed by atoms with Crippen LogP contribution >= 0.6 is 11.6 Å². The second-order valence-electron chi connectivity index (χ2n) is 3.95. The fraction of sp³-hybridized carbons (Fsp3) is 0.143. The molecule has 106 valence electrons. The monoisotopic (exact) mass is 312 g/mol. The topological polar surface area (TPSA) is 52.6 Å². The van der Waals surface area contributed by atoms with E-state index in [1.807, 2.05) is 0 Å². The van der Waals surface area contributed by atoms with Crippen LogP contribution in [0.5, 0.6) is 11.5 Å². The van der Waals surface area contributed by atoms with Gasteiger partial charge in [-0.3, -0.25) is 0 Å². The highest BCUT2D eigenvalue weighted by molar-refractivity contribution is 7.91. The van der Waals surface area contributed by atoms with E-state index in [9.17, 15) is 8.42 Å². The van der Waals surface area contributed by atoms with Gasteiger partial charge < -0.3 is 9.47 Å². The van der Waals surface area contributed by atoms with Crippen molar-refractivity contribution in [2.45, 2.75) is 9.79 Å². The molecule has 0 saturated heterocycles. The third-order valence-electron chi connectivity index (χ3n) is 2.78. The second kappa shape index (κ2) is 5.73. The molecule has 0 radical (unpaired) electrons. The summed E-state index contributed by atoms with van der Waals surface area (Å²) in [4.78, 5) is 0.191. The second-order valence-corrected chi connectivity index (χ2v) is 6.28. The molecule has 6 heteroatoms. The molecule has 0 atom stereocenters. The van der Waals surface area contributed by atoms with Gasteiger partial charge in [-0.2, -0.15) is 0 Å². The Kier molecular flexibility index (Phi) is 4.20. The molecule has 2 aromatic carbocycles. The molecular weight excluding hydrogens is 300 g/mol. The van der Waals surface area contributed by atoms with E-state index in [0.717, 1.165) is 0 Å². The summed E-state index contributed by atoms with van der Waals surface area (Å²) in [5.74, 6) is 0.547. The van der Waals surface area contributed by atoms with Crippen LogP contribution in [-0.2, 0) is 9.84 Å². The van der Waals surface area contributed by atoms with Crippen LogP contribution < -0.4 is 9.47 Å². The van der Waals surface area contributed by atoms with Gasteiger partial charge in [0, 0.05) is 6.07 Å². The highest BCUT2D eigenvalue weighted by Crippen LogP contribution is 2.37. The summed E-state index contributed by atoms with van der Waals surface area (Å²) < 4.78 is 35.4. The number of rotatable bonds is 4. The molecule has 0 bridgehead atoms. The average molecular weight is 313 g/mol. The van der Waals surface area contributed by atoms with Crippen LogP contribution in [0.25, 0.3) is 0 Å². The van der Waals surface area contributed by atoms with Crippen LogP contribution in [0.4, 0.5) is 0 Å². The maximum absolute atomic E-state index is 12.6. The van der Waals surface area contributed by atoms with Crippen LogP contribution in [-0.4, -0.2) is 22.6 Å². The summed E-state index contributed by atoms with van der Waals surface area (Å²) in [6.07, 6.45) is 0. The molecule has 0 aromatic heterocycles. The van der Waals surface area contributed by atoms with Gasteiger partial charge in [0.25, 0.3) is 0 Å². The Hall–Kier alpha value is -1.72. The molecular formula is C14H13ClO4S. The Morgan fingerprint density at radius 1 is 0.950 bits per heavy atom. The predicted octanol–water partition coefficient (Wildman–Crippen LogP) is 3.19. The molecule has 0 aliphatic heterocycles. The summed E-state index contributed by atoms with van der Waals surface area (Å²) in [5.41, 5.74) is 0. The molecule has 0 N–H and O–H groups in total. The maximum Gasteiger partial charge on any atom is 0.210 e. The molecule has 2 rings (SSSR count). The molecule has 20 heavy (non-hydrogen) atoms. The van der Waals surface area contributed by atoms with Gasteiger partial charge >= 0.3 is 0 Å². The van der Waals surface area contributed by atoms with E-state index in [1.165, 1.54) is 38.5 Å². The van der Waals surface area contributed by atoms with Crippen molar-refractivity contribution in [3.63, 3.8) is 0 Å².